The average molecular weight is 254 g/mol. The molecule has 0 aliphatic rings. The Kier molecular flexibility index (Phi) is 4.95. The second-order valence-corrected chi connectivity index (χ2v) is 4.29. The lowest BCUT2D eigenvalue weighted by Gasteiger charge is -2.16. The quantitative estimate of drug-likeness (QED) is 0.682. The van der Waals surface area contributed by atoms with Crippen molar-refractivity contribution in [2.24, 2.45) is 5.92 Å². The number of hydrogen-bond donors (Lipinski definition) is 3. The van der Waals surface area contributed by atoms with E-state index in [1.54, 1.807) is 0 Å². The highest BCUT2D eigenvalue weighted by Gasteiger charge is 2.14. The number of nitrogens with one attached hydrogen (secondary N) is 1. The number of nitrogens with two attached hydrogens (primary N) is 1. The van der Waals surface area contributed by atoms with Gasteiger partial charge in [-0.2, -0.15) is 0 Å². The van der Waals surface area contributed by atoms with Crippen molar-refractivity contribution >= 4 is 17.3 Å². The van der Waals surface area contributed by atoms with Gasteiger partial charge in [0.05, 0.1) is 16.9 Å². The van der Waals surface area contributed by atoms with E-state index in [1.807, 2.05) is 0 Å². The van der Waals surface area contributed by atoms with Crippen molar-refractivity contribution in [3.8, 4) is 0 Å². The second-order valence-electron chi connectivity index (χ2n) is 4.29. The molecule has 0 heterocycles. The summed E-state index contributed by atoms with van der Waals surface area (Å²) in [4.78, 5) is 10.7. The number of carboxylic acid groups (broad SMARTS) is 1. The van der Waals surface area contributed by atoms with Gasteiger partial charge in [-0.1, -0.05) is 26.7 Å². The van der Waals surface area contributed by atoms with Crippen LogP contribution in [0.15, 0.2) is 12.1 Å². The van der Waals surface area contributed by atoms with Crippen LogP contribution in [-0.4, -0.2) is 17.6 Å². The van der Waals surface area contributed by atoms with Crippen molar-refractivity contribution in [1.82, 2.24) is 0 Å². The summed E-state index contributed by atoms with van der Waals surface area (Å²) < 4.78 is 13.5. The SMILES string of the molecule is CCC(CC)CNc1cc(F)c(C(=O)O)cc1N. The first-order valence-corrected chi connectivity index (χ1v) is 6.05. The van der Waals surface area contributed by atoms with Crippen LogP contribution in [0.5, 0.6) is 0 Å². The van der Waals surface area contributed by atoms with Crippen LogP contribution < -0.4 is 11.1 Å². The Morgan fingerprint density at radius 2 is 2.06 bits per heavy atom. The molecule has 0 aliphatic heterocycles. The highest BCUT2D eigenvalue weighted by atomic mass is 19.1. The van der Waals surface area contributed by atoms with Gasteiger partial charge < -0.3 is 16.2 Å². The van der Waals surface area contributed by atoms with Crippen LogP contribution in [0.4, 0.5) is 15.8 Å². The fourth-order valence-corrected chi connectivity index (χ4v) is 1.74. The van der Waals surface area contributed by atoms with Crippen molar-refractivity contribution in [2.45, 2.75) is 26.7 Å². The molecule has 5 heteroatoms. The Balaban J connectivity index is 2.85. The third-order valence-corrected chi connectivity index (χ3v) is 3.11. The molecule has 1 aromatic rings. The van der Waals surface area contributed by atoms with Crippen LogP contribution >= 0.6 is 0 Å². The summed E-state index contributed by atoms with van der Waals surface area (Å²) in [5.74, 6) is -1.60. The fraction of sp³-hybridized carbons (Fsp3) is 0.462. The Bertz CT molecular complexity index is 431. The van der Waals surface area contributed by atoms with Gasteiger partial charge in [0, 0.05) is 6.54 Å². The molecular formula is C13H19FN2O2. The molecule has 1 rings (SSSR count). The van der Waals surface area contributed by atoms with E-state index in [0.717, 1.165) is 25.0 Å². The molecule has 0 saturated carbocycles. The lowest BCUT2D eigenvalue weighted by atomic mass is 10.0. The number of benzene rings is 1. The zero-order valence-electron chi connectivity index (χ0n) is 10.7. The first-order valence-electron chi connectivity index (χ1n) is 6.05. The molecule has 0 amide bonds. The molecule has 4 N–H and O–H groups in total. The highest BCUT2D eigenvalue weighted by Crippen LogP contribution is 2.23. The van der Waals surface area contributed by atoms with Gasteiger partial charge >= 0.3 is 5.97 Å². The number of rotatable bonds is 6. The molecular weight excluding hydrogens is 235 g/mol. The molecule has 4 nitrogen and oxygen atoms in total. The molecule has 0 bridgehead atoms. The zero-order chi connectivity index (χ0) is 13.7. The molecule has 0 radical (unpaired) electrons. The molecule has 100 valence electrons. The smallest absolute Gasteiger partial charge is 0.338 e. The van der Waals surface area contributed by atoms with E-state index in [-0.39, 0.29) is 5.69 Å². The maximum Gasteiger partial charge on any atom is 0.338 e. The molecule has 0 fully saturated rings. The Morgan fingerprint density at radius 1 is 1.44 bits per heavy atom. The average Bonchev–Trinajstić information content (AvgIpc) is 2.33. The van der Waals surface area contributed by atoms with Crippen LogP contribution in [0, 0.1) is 11.7 Å². The Labute approximate surface area is 106 Å². The number of halogens is 1. The van der Waals surface area contributed by atoms with Gasteiger partial charge in [0.15, 0.2) is 0 Å². The van der Waals surface area contributed by atoms with E-state index in [1.165, 1.54) is 0 Å². The summed E-state index contributed by atoms with van der Waals surface area (Å²) in [5.41, 5.74) is 6.00. The predicted octanol–water partition coefficient (Wildman–Crippen LogP) is 2.95. The maximum absolute atomic E-state index is 13.5. The normalized spacial score (nSPS) is 10.7. The molecule has 0 aliphatic carbocycles. The third kappa shape index (κ3) is 3.35. The number of anilines is 2. The van der Waals surface area contributed by atoms with E-state index in [4.69, 9.17) is 10.8 Å². The Morgan fingerprint density at radius 3 is 2.56 bits per heavy atom. The van der Waals surface area contributed by atoms with E-state index in [2.05, 4.69) is 19.2 Å². The first-order chi connectivity index (χ1) is 8.49. The van der Waals surface area contributed by atoms with Crippen molar-refractivity contribution in [3.63, 3.8) is 0 Å². The molecule has 18 heavy (non-hydrogen) atoms. The second kappa shape index (κ2) is 6.23. The monoisotopic (exact) mass is 254 g/mol. The predicted molar refractivity (Wildman–Crippen MR) is 70.3 cm³/mol. The number of nitrogen functional groups attached to an aromatic ring is 1. The van der Waals surface area contributed by atoms with E-state index >= 15 is 0 Å². The standard InChI is InChI=1S/C13H19FN2O2/c1-3-8(4-2)7-16-12-6-10(14)9(13(17)18)5-11(12)15/h5-6,8,16H,3-4,7,15H2,1-2H3,(H,17,18). The van der Waals surface area contributed by atoms with Gasteiger partial charge in [-0.15, -0.1) is 0 Å². The van der Waals surface area contributed by atoms with Gasteiger partial charge in [-0.25, -0.2) is 9.18 Å². The van der Waals surface area contributed by atoms with Gasteiger partial charge in [-0.05, 0) is 18.1 Å². The van der Waals surface area contributed by atoms with E-state index in [9.17, 15) is 9.18 Å². The minimum absolute atomic E-state index is 0.250. The summed E-state index contributed by atoms with van der Waals surface area (Å²) in [6.07, 6.45) is 2.05. The topological polar surface area (TPSA) is 75.3 Å². The summed E-state index contributed by atoms with van der Waals surface area (Å²) in [6, 6.07) is 2.29. The van der Waals surface area contributed by atoms with Crippen LogP contribution in [0.1, 0.15) is 37.0 Å². The first kappa shape index (κ1) is 14.3. The number of hydrogen-bond acceptors (Lipinski definition) is 3. The van der Waals surface area contributed by atoms with Gasteiger partial charge in [0.1, 0.15) is 5.82 Å². The van der Waals surface area contributed by atoms with Crippen molar-refractivity contribution in [3.05, 3.63) is 23.5 Å². The van der Waals surface area contributed by atoms with E-state index < -0.39 is 17.3 Å². The van der Waals surface area contributed by atoms with Crippen LogP contribution in [0.25, 0.3) is 0 Å². The molecule has 0 unspecified atom stereocenters. The maximum atomic E-state index is 13.5. The fourth-order valence-electron chi connectivity index (χ4n) is 1.74. The number of aromatic carboxylic acids is 1. The Hall–Kier alpha value is -1.78. The van der Waals surface area contributed by atoms with Crippen LogP contribution in [0.3, 0.4) is 0 Å². The molecule has 0 saturated heterocycles. The van der Waals surface area contributed by atoms with Crippen LogP contribution in [-0.2, 0) is 0 Å². The van der Waals surface area contributed by atoms with Crippen molar-refractivity contribution in [1.29, 1.82) is 0 Å². The summed E-state index contributed by atoms with van der Waals surface area (Å²) in [5, 5.41) is 11.8. The molecule has 0 atom stereocenters. The minimum Gasteiger partial charge on any atom is -0.478 e. The zero-order valence-corrected chi connectivity index (χ0v) is 10.7. The van der Waals surface area contributed by atoms with E-state index in [0.29, 0.717) is 18.2 Å². The number of carbonyl (C=O) groups is 1. The molecule has 0 spiro atoms. The van der Waals surface area contributed by atoms with Crippen molar-refractivity contribution < 1.29 is 14.3 Å². The molecule has 0 aromatic heterocycles. The van der Waals surface area contributed by atoms with Gasteiger partial charge in [0.25, 0.3) is 0 Å². The summed E-state index contributed by atoms with van der Waals surface area (Å²) in [7, 11) is 0. The van der Waals surface area contributed by atoms with Crippen LogP contribution in [0.2, 0.25) is 0 Å². The van der Waals surface area contributed by atoms with Gasteiger partial charge in [-0.3, -0.25) is 0 Å². The minimum atomic E-state index is -1.31. The lowest BCUT2D eigenvalue weighted by molar-refractivity contribution is 0.0692. The lowest BCUT2D eigenvalue weighted by Crippen LogP contribution is -2.14. The third-order valence-electron chi connectivity index (χ3n) is 3.11. The van der Waals surface area contributed by atoms with Gasteiger partial charge in [0.2, 0.25) is 0 Å². The summed E-state index contributed by atoms with van der Waals surface area (Å²) in [6.45, 7) is 4.88. The molecule has 1 aromatic carbocycles. The van der Waals surface area contributed by atoms with Crippen molar-refractivity contribution in [2.75, 3.05) is 17.6 Å². The number of carboxylic acids is 1. The summed E-state index contributed by atoms with van der Waals surface area (Å²) >= 11 is 0. The largest absolute Gasteiger partial charge is 0.478 e. The highest BCUT2D eigenvalue weighted by molar-refractivity contribution is 5.90.